The maximum Gasteiger partial charge on any atom is 0.165 e. The van der Waals surface area contributed by atoms with Crippen LogP contribution in [0.1, 0.15) is 17.1 Å². The summed E-state index contributed by atoms with van der Waals surface area (Å²) in [5, 5.41) is 0. The predicted octanol–water partition coefficient (Wildman–Crippen LogP) is 4.22. The lowest BCUT2D eigenvalue weighted by Crippen LogP contribution is -2.22. The molecule has 0 saturated carbocycles. The van der Waals surface area contributed by atoms with E-state index < -0.39 is 0 Å². The summed E-state index contributed by atoms with van der Waals surface area (Å²) in [7, 11) is 1.46. The number of methoxy groups -OCH3 is 1. The van der Waals surface area contributed by atoms with Crippen LogP contribution in [-0.4, -0.2) is 12.0 Å². The Balaban J connectivity index is 1.75. The summed E-state index contributed by atoms with van der Waals surface area (Å²) in [5.74, 6) is 1.59. The fraction of sp³-hybridized carbons (Fsp3) is 0.222. The first kappa shape index (κ1) is 15.4. The first-order chi connectivity index (χ1) is 11.2. The molecule has 2 heterocycles. The van der Waals surface area contributed by atoms with Gasteiger partial charge in [-0.05, 0) is 42.0 Å². The molecule has 0 unspecified atom stereocenters. The molecule has 23 heavy (non-hydrogen) atoms. The van der Waals surface area contributed by atoms with Gasteiger partial charge in [0.2, 0.25) is 0 Å². The third-order valence-electron chi connectivity index (χ3n) is 3.54. The van der Waals surface area contributed by atoms with Gasteiger partial charge in [0.05, 0.1) is 32.7 Å². The van der Waals surface area contributed by atoms with Gasteiger partial charge in [-0.25, -0.2) is 4.39 Å². The molecule has 120 valence electrons. The first-order valence-corrected chi connectivity index (χ1v) is 7.34. The molecule has 5 heteroatoms. The van der Waals surface area contributed by atoms with Crippen molar-refractivity contribution in [2.45, 2.75) is 19.6 Å². The van der Waals surface area contributed by atoms with Crippen molar-refractivity contribution in [3.8, 4) is 5.75 Å². The highest BCUT2D eigenvalue weighted by atomic mass is 19.1. The second-order valence-corrected chi connectivity index (χ2v) is 5.27. The number of ether oxygens (including phenoxy) is 1. The van der Waals surface area contributed by atoms with Crippen molar-refractivity contribution in [2.75, 3.05) is 7.11 Å². The lowest BCUT2D eigenvalue weighted by atomic mass is 10.2. The van der Waals surface area contributed by atoms with Gasteiger partial charge in [0.25, 0.3) is 0 Å². The zero-order chi connectivity index (χ0) is 16.1. The van der Waals surface area contributed by atoms with E-state index in [4.69, 9.17) is 13.6 Å². The Kier molecular flexibility index (Phi) is 4.78. The molecule has 0 spiro atoms. The van der Waals surface area contributed by atoms with E-state index in [-0.39, 0.29) is 11.6 Å². The fourth-order valence-electron chi connectivity index (χ4n) is 2.48. The molecule has 0 aliphatic heterocycles. The minimum absolute atomic E-state index is 0.248. The standard InChI is InChI=1S/C18H18FNO3/c1-21-18-7-6-14(10-17(18)19)11-20(12-15-4-2-8-22-15)13-16-5-3-9-23-16/h2-10H,11-13H2,1H3. The average molecular weight is 315 g/mol. The zero-order valence-electron chi connectivity index (χ0n) is 12.9. The summed E-state index contributed by atoms with van der Waals surface area (Å²) in [6, 6.07) is 12.5. The molecule has 0 N–H and O–H groups in total. The van der Waals surface area contributed by atoms with E-state index in [2.05, 4.69) is 4.90 Å². The van der Waals surface area contributed by atoms with Crippen molar-refractivity contribution >= 4 is 0 Å². The third-order valence-corrected chi connectivity index (χ3v) is 3.54. The van der Waals surface area contributed by atoms with Gasteiger partial charge in [-0.2, -0.15) is 0 Å². The highest BCUT2D eigenvalue weighted by Gasteiger charge is 2.13. The number of hydrogen-bond acceptors (Lipinski definition) is 4. The Morgan fingerprint density at radius 1 is 0.957 bits per heavy atom. The van der Waals surface area contributed by atoms with E-state index in [1.165, 1.54) is 13.2 Å². The second kappa shape index (κ2) is 7.15. The Morgan fingerprint density at radius 2 is 1.61 bits per heavy atom. The van der Waals surface area contributed by atoms with Gasteiger partial charge >= 0.3 is 0 Å². The molecular formula is C18H18FNO3. The smallest absolute Gasteiger partial charge is 0.165 e. The van der Waals surface area contributed by atoms with Crippen molar-refractivity contribution in [3.05, 3.63) is 77.9 Å². The summed E-state index contributed by atoms with van der Waals surface area (Å²) in [6.45, 7) is 1.80. The zero-order valence-corrected chi connectivity index (χ0v) is 12.9. The van der Waals surface area contributed by atoms with Crippen LogP contribution in [0.25, 0.3) is 0 Å². The fourth-order valence-corrected chi connectivity index (χ4v) is 2.48. The van der Waals surface area contributed by atoms with Gasteiger partial charge in [-0.15, -0.1) is 0 Å². The number of rotatable bonds is 7. The van der Waals surface area contributed by atoms with E-state index in [1.807, 2.05) is 30.3 Å². The van der Waals surface area contributed by atoms with Crippen LogP contribution >= 0.6 is 0 Å². The summed E-state index contributed by atoms with van der Waals surface area (Å²) >= 11 is 0. The van der Waals surface area contributed by atoms with Crippen LogP contribution in [0.2, 0.25) is 0 Å². The van der Waals surface area contributed by atoms with Crippen LogP contribution in [0.4, 0.5) is 4.39 Å². The van der Waals surface area contributed by atoms with Crippen molar-refractivity contribution in [2.24, 2.45) is 0 Å². The molecule has 0 aliphatic carbocycles. The first-order valence-electron chi connectivity index (χ1n) is 7.34. The normalized spacial score (nSPS) is 11.1. The molecule has 4 nitrogen and oxygen atoms in total. The van der Waals surface area contributed by atoms with Crippen molar-refractivity contribution in [3.63, 3.8) is 0 Å². The molecule has 0 bridgehead atoms. The van der Waals surface area contributed by atoms with Gasteiger partial charge < -0.3 is 13.6 Å². The van der Waals surface area contributed by atoms with Gasteiger partial charge in [0, 0.05) is 6.54 Å². The lowest BCUT2D eigenvalue weighted by molar-refractivity contribution is 0.209. The lowest BCUT2D eigenvalue weighted by Gasteiger charge is -2.20. The SMILES string of the molecule is COc1ccc(CN(Cc2ccco2)Cc2ccco2)cc1F. The van der Waals surface area contributed by atoms with Gasteiger partial charge in [-0.1, -0.05) is 6.07 Å². The van der Waals surface area contributed by atoms with Crippen LogP contribution in [0.5, 0.6) is 5.75 Å². The number of hydrogen-bond donors (Lipinski definition) is 0. The van der Waals surface area contributed by atoms with E-state index in [0.29, 0.717) is 19.6 Å². The molecule has 1 aromatic carbocycles. The van der Waals surface area contributed by atoms with Gasteiger partial charge in [0.15, 0.2) is 11.6 Å². The van der Waals surface area contributed by atoms with E-state index in [1.54, 1.807) is 18.6 Å². The molecule has 0 fully saturated rings. The number of nitrogens with zero attached hydrogens (tertiary/aromatic N) is 1. The average Bonchev–Trinajstić information content (AvgIpc) is 3.21. The van der Waals surface area contributed by atoms with Crippen molar-refractivity contribution < 1.29 is 18.0 Å². The number of benzene rings is 1. The predicted molar refractivity (Wildman–Crippen MR) is 83.3 cm³/mol. The third kappa shape index (κ3) is 4.02. The van der Waals surface area contributed by atoms with Crippen LogP contribution < -0.4 is 4.74 Å². The quantitative estimate of drug-likeness (QED) is 0.654. The Morgan fingerprint density at radius 3 is 2.09 bits per heavy atom. The van der Waals surface area contributed by atoms with Crippen LogP contribution in [0, 0.1) is 5.82 Å². The monoisotopic (exact) mass is 315 g/mol. The minimum atomic E-state index is -0.360. The molecule has 0 aliphatic rings. The largest absolute Gasteiger partial charge is 0.494 e. The summed E-state index contributed by atoms with van der Waals surface area (Å²) in [6.07, 6.45) is 3.29. The van der Waals surface area contributed by atoms with Crippen LogP contribution in [-0.2, 0) is 19.6 Å². The topological polar surface area (TPSA) is 38.8 Å². The van der Waals surface area contributed by atoms with Crippen molar-refractivity contribution in [1.29, 1.82) is 0 Å². The van der Waals surface area contributed by atoms with E-state index in [0.717, 1.165) is 17.1 Å². The summed E-state index contributed by atoms with van der Waals surface area (Å²) in [5.41, 5.74) is 0.862. The second-order valence-electron chi connectivity index (χ2n) is 5.27. The van der Waals surface area contributed by atoms with Crippen LogP contribution in [0.15, 0.2) is 63.8 Å². The molecular weight excluding hydrogens is 297 g/mol. The van der Waals surface area contributed by atoms with E-state index in [9.17, 15) is 4.39 Å². The Hall–Kier alpha value is -2.53. The van der Waals surface area contributed by atoms with Gasteiger partial charge in [-0.3, -0.25) is 4.90 Å². The van der Waals surface area contributed by atoms with E-state index >= 15 is 0 Å². The molecule has 0 radical (unpaired) electrons. The highest BCUT2D eigenvalue weighted by Crippen LogP contribution is 2.20. The van der Waals surface area contributed by atoms with Crippen molar-refractivity contribution in [1.82, 2.24) is 4.90 Å². The molecule has 3 aromatic rings. The molecule has 0 atom stereocenters. The number of furan rings is 2. The highest BCUT2D eigenvalue weighted by molar-refractivity contribution is 5.29. The molecule has 0 amide bonds. The van der Waals surface area contributed by atoms with Gasteiger partial charge in [0.1, 0.15) is 11.5 Å². The molecule has 3 rings (SSSR count). The summed E-state index contributed by atoms with van der Waals surface area (Å²) in [4.78, 5) is 2.12. The maximum absolute atomic E-state index is 13.9. The number of halogens is 1. The summed E-state index contributed by atoms with van der Waals surface area (Å²) < 4.78 is 29.7. The maximum atomic E-state index is 13.9. The Labute approximate surface area is 134 Å². The Bertz CT molecular complexity index is 687. The minimum Gasteiger partial charge on any atom is -0.494 e. The molecule has 0 saturated heterocycles. The molecule has 2 aromatic heterocycles. The van der Waals surface area contributed by atoms with Crippen LogP contribution in [0.3, 0.4) is 0 Å².